The summed E-state index contributed by atoms with van der Waals surface area (Å²) in [4.78, 5) is 0. The molecule has 0 fully saturated rings. The van der Waals surface area contributed by atoms with Gasteiger partial charge in [-0.05, 0) is 12.0 Å². The van der Waals surface area contributed by atoms with E-state index in [0.29, 0.717) is 6.54 Å². The first-order chi connectivity index (χ1) is 5.33. The van der Waals surface area contributed by atoms with Crippen molar-refractivity contribution in [2.45, 2.75) is 12.5 Å². The largest absolute Gasteiger partial charge is 0.329 e. The fourth-order valence-electron chi connectivity index (χ4n) is 1.00. The van der Waals surface area contributed by atoms with Gasteiger partial charge in [0.1, 0.15) is 0 Å². The quantitative estimate of drug-likeness (QED) is 0.724. The molecule has 1 aromatic carbocycles. The molecule has 3 heteroatoms. The van der Waals surface area contributed by atoms with Gasteiger partial charge in [-0.2, -0.15) is 13.5 Å². The van der Waals surface area contributed by atoms with Crippen molar-refractivity contribution < 1.29 is 0 Å². The van der Waals surface area contributed by atoms with Crippen LogP contribution < -0.4 is 11.5 Å². The van der Waals surface area contributed by atoms with Gasteiger partial charge in [0.15, 0.2) is 0 Å². The summed E-state index contributed by atoms with van der Waals surface area (Å²) in [5, 5.41) is 0. The van der Waals surface area contributed by atoms with E-state index in [4.69, 9.17) is 11.5 Å². The smallest absolute Gasteiger partial charge is 0.0203 e. The van der Waals surface area contributed by atoms with E-state index in [1.807, 2.05) is 18.2 Å². The van der Waals surface area contributed by atoms with Gasteiger partial charge in [-0.1, -0.05) is 30.3 Å². The molecular formula is C9H16N2S. The van der Waals surface area contributed by atoms with E-state index in [2.05, 4.69) is 12.1 Å². The van der Waals surface area contributed by atoms with Gasteiger partial charge in [-0.25, -0.2) is 0 Å². The SMILES string of the molecule is NC[C@@H](N)Cc1ccccc1.S. The molecule has 0 amide bonds. The van der Waals surface area contributed by atoms with E-state index in [0.717, 1.165) is 6.42 Å². The van der Waals surface area contributed by atoms with Crippen LogP contribution in [0.25, 0.3) is 0 Å². The Kier molecular flexibility index (Phi) is 5.80. The highest BCUT2D eigenvalue weighted by Gasteiger charge is 1.99. The van der Waals surface area contributed by atoms with E-state index >= 15 is 0 Å². The van der Waals surface area contributed by atoms with Gasteiger partial charge in [0.25, 0.3) is 0 Å². The van der Waals surface area contributed by atoms with Crippen molar-refractivity contribution in [1.82, 2.24) is 0 Å². The van der Waals surface area contributed by atoms with E-state index in [9.17, 15) is 0 Å². The van der Waals surface area contributed by atoms with Crippen LogP contribution in [0, 0.1) is 0 Å². The average Bonchev–Trinajstić information content (AvgIpc) is 2.06. The van der Waals surface area contributed by atoms with Crippen molar-refractivity contribution in [1.29, 1.82) is 0 Å². The first-order valence-electron chi connectivity index (χ1n) is 3.82. The molecule has 68 valence electrons. The lowest BCUT2D eigenvalue weighted by atomic mass is 10.1. The fourth-order valence-corrected chi connectivity index (χ4v) is 1.00. The molecule has 0 aliphatic carbocycles. The first kappa shape index (κ1) is 11.5. The summed E-state index contributed by atoms with van der Waals surface area (Å²) in [7, 11) is 0. The Morgan fingerprint density at radius 3 is 2.25 bits per heavy atom. The Hall–Kier alpha value is -0.510. The third-order valence-electron chi connectivity index (χ3n) is 1.64. The normalized spacial score (nSPS) is 11.8. The maximum atomic E-state index is 5.68. The highest BCUT2D eigenvalue weighted by atomic mass is 32.1. The molecular weight excluding hydrogens is 168 g/mol. The van der Waals surface area contributed by atoms with Crippen molar-refractivity contribution in [3.05, 3.63) is 35.9 Å². The zero-order chi connectivity index (χ0) is 8.10. The standard InChI is InChI=1S/C9H14N2.H2S/c10-7-9(11)6-8-4-2-1-3-5-8;/h1-5,9H,6-7,10-11H2;1H2/t9-;/m0./s1. The monoisotopic (exact) mass is 184 g/mol. The number of hydrogen-bond acceptors (Lipinski definition) is 2. The second kappa shape index (κ2) is 6.06. The summed E-state index contributed by atoms with van der Waals surface area (Å²) in [6.07, 6.45) is 0.872. The number of rotatable bonds is 3. The molecule has 0 unspecified atom stereocenters. The van der Waals surface area contributed by atoms with Crippen LogP contribution in [0.2, 0.25) is 0 Å². The lowest BCUT2D eigenvalue weighted by Crippen LogP contribution is -2.31. The predicted octanol–water partition coefficient (Wildman–Crippen LogP) is 0.628. The summed E-state index contributed by atoms with van der Waals surface area (Å²) in [5.41, 5.74) is 12.3. The Morgan fingerprint density at radius 2 is 1.75 bits per heavy atom. The minimum Gasteiger partial charge on any atom is -0.329 e. The molecule has 0 aliphatic rings. The molecule has 0 spiro atoms. The number of benzene rings is 1. The molecule has 1 atom stereocenters. The molecule has 0 radical (unpaired) electrons. The van der Waals surface area contributed by atoms with E-state index < -0.39 is 0 Å². The van der Waals surface area contributed by atoms with Crippen molar-refractivity contribution in [2.24, 2.45) is 11.5 Å². The molecule has 1 rings (SSSR count). The second-order valence-electron chi connectivity index (χ2n) is 2.69. The summed E-state index contributed by atoms with van der Waals surface area (Å²) in [5.74, 6) is 0. The molecule has 0 aliphatic heterocycles. The topological polar surface area (TPSA) is 52.0 Å². The average molecular weight is 184 g/mol. The van der Waals surface area contributed by atoms with Crippen LogP contribution in [-0.4, -0.2) is 12.6 Å². The third kappa shape index (κ3) is 3.76. The van der Waals surface area contributed by atoms with Crippen LogP contribution in [0.4, 0.5) is 0 Å². The van der Waals surface area contributed by atoms with Crippen LogP contribution in [0.3, 0.4) is 0 Å². The lowest BCUT2D eigenvalue weighted by Gasteiger charge is -2.07. The summed E-state index contributed by atoms with van der Waals surface area (Å²) in [6.45, 7) is 0.550. The summed E-state index contributed by atoms with van der Waals surface area (Å²) >= 11 is 0. The molecule has 0 bridgehead atoms. The highest BCUT2D eigenvalue weighted by molar-refractivity contribution is 7.59. The molecule has 12 heavy (non-hydrogen) atoms. The van der Waals surface area contributed by atoms with Gasteiger partial charge in [0.2, 0.25) is 0 Å². The lowest BCUT2D eigenvalue weighted by molar-refractivity contribution is 0.678. The van der Waals surface area contributed by atoms with E-state index in [1.165, 1.54) is 5.56 Å². The van der Waals surface area contributed by atoms with Gasteiger partial charge in [0.05, 0.1) is 0 Å². The zero-order valence-electron chi connectivity index (χ0n) is 7.03. The predicted molar refractivity (Wildman–Crippen MR) is 57.6 cm³/mol. The van der Waals surface area contributed by atoms with Crippen LogP contribution in [0.1, 0.15) is 5.56 Å². The first-order valence-corrected chi connectivity index (χ1v) is 3.82. The molecule has 0 saturated heterocycles. The minimum atomic E-state index is 0. The Morgan fingerprint density at radius 1 is 1.17 bits per heavy atom. The van der Waals surface area contributed by atoms with Crippen LogP contribution in [0.5, 0.6) is 0 Å². The van der Waals surface area contributed by atoms with Crippen molar-refractivity contribution in [3.63, 3.8) is 0 Å². The Bertz CT molecular complexity index is 201. The molecule has 1 aromatic rings. The molecule has 2 nitrogen and oxygen atoms in total. The molecule has 0 saturated carbocycles. The third-order valence-corrected chi connectivity index (χ3v) is 1.64. The van der Waals surface area contributed by atoms with Gasteiger partial charge >= 0.3 is 0 Å². The van der Waals surface area contributed by atoms with Gasteiger partial charge < -0.3 is 11.5 Å². The summed E-state index contributed by atoms with van der Waals surface area (Å²) < 4.78 is 0. The van der Waals surface area contributed by atoms with Gasteiger partial charge in [0, 0.05) is 12.6 Å². The van der Waals surface area contributed by atoms with Crippen molar-refractivity contribution in [2.75, 3.05) is 6.54 Å². The second-order valence-corrected chi connectivity index (χ2v) is 2.69. The van der Waals surface area contributed by atoms with Crippen molar-refractivity contribution >= 4 is 13.5 Å². The summed E-state index contributed by atoms with van der Waals surface area (Å²) in [6, 6.07) is 10.2. The van der Waals surface area contributed by atoms with Crippen LogP contribution >= 0.6 is 13.5 Å². The maximum absolute atomic E-state index is 5.68. The van der Waals surface area contributed by atoms with Gasteiger partial charge in [-0.15, -0.1) is 0 Å². The Balaban J connectivity index is 0.00000121. The van der Waals surface area contributed by atoms with Gasteiger partial charge in [-0.3, -0.25) is 0 Å². The highest BCUT2D eigenvalue weighted by Crippen LogP contribution is 2.00. The zero-order valence-corrected chi connectivity index (χ0v) is 8.03. The van der Waals surface area contributed by atoms with E-state index in [-0.39, 0.29) is 19.5 Å². The molecule has 0 aromatic heterocycles. The molecule has 0 heterocycles. The van der Waals surface area contributed by atoms with Crippen LogP contribution in [0.15, 0.2) is 30.3 Å². The number of hydrogen-bond donors (Lipinski definition) is 2. The van der Waals surface area contributed by atoms with E-state index in [1.54, 1.807) is 0 Å². The maximum Gasteiger partial charge on any atom is 0.0203 e. The number of nitrogens with two attached hydrogens (primary N) is 2. The van der Waals surface area contributed by atoms with Crippen LogP contribution in [-0.2, 0) is 6.42 Å². The Labute approximate surface area is 80.4 Å². The minimum absolute atomic E-state index is 0. The van der Waals surface area contributed by atoms with Crippen molar-refractivity contribution in [3.8, 4) is 0 Å². The fraction of sp³-hybridized carbons (Fsp3) is 0.333. The molecule has 4 N–H and O–H groups in total.